The molecular formula is C36H34BrIN2O7S. The predicted molar refractivity (Wildman–Crippen MR) is 196 cm³/mol. The molecule has 1 atom stereocenters. The first kappa shape index (κ1) is 35.6. The Morgan fingerprint density at radius 3 is 2.40 bits per heavy atom. The lowest BCUT2D eigenvalue weighted by molar-refractivity contribution is -0.139. The molecule has 5 rings (SSSR count). The molecule has 0 saturated carbocycles. The number of fused-ring (bicyclic) bond motifs is 1. The largest absolute Gasteiger partial charge is 0.491 e. The van der Waals surface area contributed by atoms with Crippen LogP contribution in [0.3, 0.4) is 0 Å². The number of halogens is 2. The summed E-state index contributed by atoms with van der Waals surface area (Å²) in [6.07, 6.45) is 1.69. The predicted octanol–water partition coefficient (Wildman–Crippen LogP) is 6.71. The molecule has 250 valence electrons. The number of hydrogen-bond donors (Lipinski definition) is 0. The molecular weight excluding hydrogens is 811 g/mol. The van der Waals surface area contributed by atoms with Crippen LogP contribution in [0.15, 0.2) is 86.2 Å². The van der Waals surface area contributed by atoms with Crippen LogP contribution in [0, 0.1) is 3.57 Å². The minimum Gasteiger partial charge on any atom is -0.491 e. The molecule has 0 amide bonds. The Morgan fingerprint density at radius 1 is 1.04 bits per heavy atom. The number of rotatable bonds is 11. The van der Waals surface area contributed by atoms with Gasteiger partial charge in [0, 0.05) is 5.56 Å². The van der Waals surface area contributed by atoms with Gasteiger partial charge in [0.2, 0.25) is 0 Å². The third-order valence-electron chi connectivity index (χ3n) is 7.26. The quantitative estimate of drug-likeness (QED) is 0.122. The van der Waals surface area contributed by atoms with Gasteiger partial charge in [0.1, 0.15) is 24.1 Å². The Bertz CT molecular complexity index is 2050. The molecule has 9 nitrogen and oxygen atoms in total. The zero-order valence-corrected chi connectivity index (χ0v) is 31.6. The molecule has 12 heteroatoms. The van der Waals surface area contributed by atoms with E-state index in [0.29, 0.717) is 56.4 Å². The molecule has 0 fully saturated rings. The van der Waals surface area contributed by atoms with E-state index < -0.39 is 12.0 Å². The first-order chi connectivity index (χ1) is 23.0. The average molecular weight is 846 g/mol. The first-order valence-corrected chi connectivity index (χ1v) is 18.0. The lowest BCUT2D eigenvalue weighted by Gasteiger charge is -2.26. The Labute approximate surface area is 304 Å². The number of thiazole rings is 1. The standard InChI is InChI=1S/C36H34BrIN2O7S/c1-6-44-34(42)24-14-12-22(13-15-24)19-46-32-26(37)16-23(17-27(32)38)18-29-33(41)40-31(25-10-8-9-11-28(25)47-20(3)4)30(35(43)45-7-2)21(5)39-36(40)48-29/h8-18,20,31H,6-7,19H2,1-5H3/b29-18-/t31-/m1/s1. The number of aromatic nitrogens is 1. The van der Waals surface area contributed by atoms with Gasteiger partial charge in [-0.05, 0) is 121 Å². The lowest BCUT2D eigenvalue weighted by Crippen LogP contribution is -2.40. The highest BCUT2D eigenvalue weighted by Gasteiger charge is 2.35. The number of carbonyl (C=O) groups is 2. The van der Waals surface area contributed by atoms with Crippen molar-refractivity contribution < 1.29 is 28.5 Å². The second-order valence-electron chi connectivity index (χ2n) is 11.0. The molecule has 1 aliphatic rings. The van der Waals surface area contributed by atoms with E-state index in [0.717, 1.165) is 19.2 Å². The number of ether oxygens (including phenoxy) is 4. The summed E-state index contributed by atoms with van der Waals surface area (Å²) in [5, 5.41) is 0. The molecule has 0 unspecified atom stereocenters. The number of allylic oxidation sites excluding steroid dienone is 1. The van der Waals surface area contributed by atoms with Crippen molar-refractivity contribution in [3.63, 3.8) is 0 Å². The van der Waals surface area contributed by atoms with Crippen LogP contribution in [0.2, 0.25) is 0 Å². The van der Waals surface area contributed by atoms with Gasteiger partial charge in [-0.3, -0.25) is 9.36 Å². The number of carbonyl (C=O) groups excluding carboxylic acids is 2. The lowest BCUT2D eigenvalue weighted by atomic mass is 9.95. The normalized spacial score (nSPS) is 14.4. The Kier molecular flexibility index (Phi) is 11.6. The SMILES string of the molecule is CCOC(=O)C1=C(C)N=c2s/c(=C\c3cc(Br)c(OCc4ccc(C(=O)OCC)cc4)c(I)c3)c(=O)n2[C@@H]1c1ccccc1OC(C)C. The minimum absolute atomic E-state index is 0.122. The summed E-state index contributed by atoms with van der Waals surface area (Å²) in [6, 6.07) is 17.5. The Balaban J connectivity index is 1.50. The van der Waals surface area contributed by atoms with Crippen LogP contribution in [-0.4, -0.2) is 35.8 Å². The van der Waals surface area contributed by atoms with Crippen molar-refractivity contribution in [3.05, 3.63) is 122 Å². The van der Waals surface area contributed by atoms with E-state index in [1.54, 1.807) is 37.5 Å². The van der Waals surface area contributed by atoms with Gasteiger partial charge in [-0.1, -0.05) is 41.7 Å². The molecule has 0 saturated heterocycles. The number of esters is 2. The summed E-state index contributed by atoms with van der Waals surface area (Å²) in [7, 11) is 0. The van der Waals surface area contributed by atoms with Crippen molar-refractivity contribution in [1.29, 1.82) is 0 Å². The maximum Gasteiger partial charge on any atom is 0.338 e. The van der Waals surface area contributed by atoms with Gasteiger partial charge >= 0.3 is 11.9 Å². The van der Waals surface area contributed by atoms with Crippen LogP contribution in [0.5, 0.6) is 11.5 Å². The maximum absolute atomic E-state index is 14.2. The zero-order chi connectivity index (χ0) is 34.5. The van der Waals surface area contributed by atoms with Crippen LogP contribution < -0.4 is 24.4 Å². The second-order valence-corrected chi connectivity index (χ2v) is 14.1. The summed E-state index contributed by atoms with van der Waals surface area (Å²) in [4.78, 5) is 44.6. The van der Waals surface area contributed by atoms with Crippen LogP contribution in [0.25, 0.3) is 6.08 Å². The van der Waals surface area contributed by atoms with E-state index in [4.69, 9.17) is 18.9 Å². The van der Waals surface area contributed by atoms with E-state index in [-0.39, 0.29) is 24.2 Å². The number of benzene rings is 3. The van der Waals surface area contributed by atoms with Gasteiger partial charge in [-0.15, -0.1) is 0 Å². The molecule has 0 aliphatic carbocycles. The fourth-order valence-electron chi connectivity index (χ4n) is 5.21. The van der Waals surface area contributed by atoms with E-state index in [1.165, 1.54) is 11.3 Å². The van der Waals surface area contributed by atoms with Crippen molar-refractivity contribution >= 4 is 67.9 Å². The van der Waals surface area contributed by atoms with Crippen LogP contribution in [0.4, 0.5) is 0 Å². The molecule has 1 aliphatic heterocycles. The molecule has 3 aromatic carbocycles. The van der Waals surface area contributed by atoms with Gasteiger partial charge in [-0.25, -0.2) is 14.6 Å². The summed E-state index contributed by atoms with van der Waals surface area (Å²) in [5.41, 5.74) is 3.33. The molecule has 0 N–H and O–H groups in total. The topological polar surface area (TPSA) is 105 Å². The van der Waals surface area contributed by atoms with Gasteiger partial charge in [0.25, 0.3) is 5.56 Å². The van der Waals surface area contributed by atoms with Crippen molar-refractivity contribution in [2.75, 3.05) is 13.2 Å². The van der Waals surface area contributed by atoms with Crippen molar-refractivity contribution in [2.45, 2.75) is 53.4 Å². The monoisotopic (exact) mass is 844 g/mol. The van der Waals surface area contributed by atoms with Crippen molar-refractivity contribution in [2.24, 2.45) is 4.99 Å². The highest BCUT2D eigenvalue weighted by Crippen LogP contribution is 2.36. The molecule has 1 aromatic heterocycles. The van der Waals surface area contributed by atoms with Crippen LogP contribution in [-0.2, 0) is 20.9 Å². The Hall–Kier alpha value is -3.75. The third-order valence-corrected chi connectivity index (χ3v) is 9.63. The van der Waals surface area contributed by atoms with E-state index >= 15 is 0 Å². The minimum atomic E-state index is -0.786. The molecule has 0 radical (unpaired) electrons. The average Bonchev–Trinajstić information content (AvgIpc) is 3.34. The van der Waals surface area contributed by atoms with E-state index in [2.05, 4.69) is 43.5 Å². The fourth-order valence-corrected chi connectivity index (χ4v) is 8.03. The zero-order valence-electron chi connectivity index (χ0n) is 27.0. The highest BCUT2D eigenvalue weighted by molar-refractivity contribution is 14.1. The summed E-state index contributed by atoms with van der Waals surface area (Å²) >= 11 is 7.10. The van der Waals surface area contributed by atoms with E-state index in [1.807, 2.05) is 68.5 Å². The number of nitrogens with zero attached hydrogens (tertiary/aromatic N) is 2. The fraction of sp³-hybridized carbons (Fsp3) is 0.278. The molecule has 48 heavy (non-hydrogen) atoms. The molecule has 4 aromatic rings. The third kappa shape index (κ3) is 7.76. The van der Waals surface area contributed by atoms with Crippen LogP contribution >= 0.6 is 49.9 Å². The Morgan fingerprint density at radius 2 is 1.73 bits per heavy atom. The maximum atomic E-state index is 14.2. The highest BCUT2D eigenvalue weighted by atomic mass is 127. The van der Waals surface area contributed by atoms with Gasteiger partial charge < -0.3 is 18.9 Å². The van der Waals surface area contributed by atoms with Gasteiger partial charge in [0.15, 0.2) is 4.80 Å². The van der Waals surface area contributed by atoms with E-state index in [9.17, 15) is 14.4 Å². The summed E-state index contributed by atoms with van der Waals surface area (Å²) < 4.78 is 26.3. The summed E-state index contributed by atoms with van der Waals surface area (Å²) in [6.45, 7) is 9.92. The van der Waals surface area contributed by atoms with Gasteiger partial charge in [-0.2, -0.15) is 0 Å². The second kappa shape index (κ2) is 15.6. The molecule has 0 bridgehead atoms. The van der Waals surface area contributed by atoms with Crippen molar-refractivity contribution in [1.82, 2.24) is 4.57 Å². The molecule has 2 heterocycles. The van der Waals surface area contributed by atoms with Crippen molar-refractivity contribution in [3.8, 4) is 11.5 Å². The number of para-hydroxylation sites is 1. The molecule has 0 spiro atoms. The number of hydrogen-bond acceptors (Lipinski definition) is 9. The summed E-state index contributed by atoms with van der Waals surface area (Å²) in [5.74, 6) is 0.342. The van der Waals surface area contributed by atoms with Crippen LogP contribution in [0.1, 0.15) is 67.7 Å². The first-order valence-electron chi connectivity index (χ1n) is 15.4. The van der Waals surface area contributed by atoms with Gasteiger partial charge in [0.05, 0.1) is 48.7 Å². The smallest absolute Gasteiger partial charge is 0.338 e.